The zero-order valence-electron chi connectivity index (χ0n) is 7.07. The van der Waals surface area contributed by atoms with Gasteiger partial charge in [-0.05, 0) is 42.9 Å². The highest BCUT2D eigenvalue weighted by Gasteiger charge is 2.71. The van der Waals surface area contributed by atoms with Gasteiger partial charge < -0.3 is 9.84 Å². The highest BCUT2D eigenvalue weighted by molar-refractivity contribution is 5.20. The lowest BCUT2D eigenvalue weighted by Gasteiger charge is -2.25. The topological polar surface area (TPSA) is 32.8 Å². The van der Waals surface area contributed by atoms with E-state index in [2.05, 4.69) is 0 Å². The fraction of sp³-hybridized carbons (Fsp3) is 1.00. The molecule has 0 amide bonds. The summed E-state index contributed by atoms with van der Waals surface area (Å²) in [5, 5.41) is 9.73. The third kappa shape index (κ3) is 0.549. The maximum absolute atomic E-state index is 9.73. The standard InChI is InChI=1S/C10H14O2/c11-7-1-5-2-8-9(12-8)4-10(5)3-6(7)10/h5-9,11H,1-4H2. The van der Waals surface area contributed by atoms with E-state index in [0.717, 1.165) is 12.3 Å². The molecule has 1 N–H and O–H groups in total. The Morgan fingerprint density at radius 2 is 2.08 bits per heavy atom. The smallest absolute Gasteiger partial charge is 0.0847 e. The Morgan fingerprint density at radius 1 is 1.17 bits per heavy atom. The number of hydrogen-bond donors (Lipinski definition) is 1. The van der Waals surface area contributed by atoms with Crippen LogP contribution in [0.3, 0.4) is 0 Å². The van der Waals surface area contributed by atoms with Crippen LogP contribution >= 0.6 is 0 Å². The molecule has 66 valence electrons. The number of aliphatic hydroxyl groups is 1. The van der Waals surface area contributed by atoms with E-state index in [1.165, 1.54) is 19.3 Å². The van der Waals surface area contributed by atoms with Crippen molar-refractivity contribution in [3.8, 4) is 0 Å². The van der Waals surface area contributed by atoms with Gasteiger partial charge in [-0.25, -0.2) is 0 Å². The predicted molar refractivity (Wildman–Crippen MR) is 42.5 cm³/mol. The van der Waals surface area contributed by atoms with Crippen molar-refractivity contribution in [1.29, 1.82) is 0 Å². The van der Waals surface area contributed by atoms with Gasteiger partial charge >= 0.3 is 0 Å². The molecule has 4 rings (SSSR count). The molecule has 6 atom stereocenters. The van der Waals surface area contributed by atoms with Crippen LogP contribution in [-0.2, 0) is 4.74 Å². The fourth-order valence-corrected chi connectivity index (χ4v) is 3.98. The Kier molecular flexibility index (Phi) is 0.851. The van der Waals surface area contributed by atoms with E-state index in [1.54, 1.807) is 0 Å². The summed E-state index contributed by atoms with van der Waals surface area (Å²) in [5.41, 5.74) is 0.567. The zero-order valence-corrected chi connectivity index (χ0v) is 7.07. The quantitative estimate of drug-likeness (QED) is 0.543. The Balaban J connectivity index is 1.71. The van der Waals surface area contributed by atoms with Gasteiger partial charge in [0.25, 0.3) is 0 Å². The van der Waals surface area contributed by atoms with Crippen molar-refractivity contribution in [3.63, 3.8) is 0 Å². The van der Waals surface area contributed by atoms with Gasteiger partial charge in [-0.3, -0.25) is 0 Å². The highest BCUT2D eigenvalue weighted by Crippen LogP contribution is 2.73. The lowest BCUT2D eigenvalue weighted by atomic mass is 9.77. The number of aliphatic hydroxyl groups excluding tert-OH is 1. The van der Waals surface area contributed by atoms with E-state index in [4.69, 9.17) is 4.74 Å². The number of hydrogen-bond acceptors (Lipinski definition) is 2. The first-order chi connectivity index (χ1) is 5.79. The zero-order chi connectivity index (χ0) is 7.92. The first kappa shape index (κ1) is 6.39. The van der Waals surface area contributed by atoms with Crippen molar-refractivity contribution in [2.75, 3.05) is 0 Å². The maximum atomic E-state index is 9.73. The van der Waals surface area contributed by atoms with Gasteiger partial charge in [0, 0.05) is 0 Å². The molecular weight excluding hydrogens is 152 g/mol. The molecule has 0 aromatic rings. The van der Waals surface area contributed by atoms with Crippen molar-refractivity contribution in [3.05, 3.63) is 0 Å². The summed E-state index contributed by atoms with van der Waals surface area (Å²) in [7, 11) is 0. The van der Waals surface area contributed by atoms with Gasteiger partial charge in [0.2, 0.25) is 0 Å². The third-order valence-electron chi connectivity index (χ3n) is 4.77. The molecule has 0 bridgehead atoms. The number of ether oxygens (including phenoxy) is 1. The molecule has 0 radical (unpaired) electrons. The van der Waals surface area contributed by atoms with Crippen molar-refractivity contribution in [2.45, 2.75) is 44.0 Å². The van der Waals surface area contributed by atoms with E-state index in [9.17, 15) is 5.11 Å². The molecule has 4 fully saturated rings. The Bertz CT molecular complexity index is 252. The van der Waals surface area contributed by atoms with Crippen LogP contribution in [0.25, 0.3) is 0 Å². The summed E-state index contributed by atoms with van der Waals surface area (Å²) in [5.74, 6) is 1.47. The van der Waals surface area contributed by atoms with Crippen LogP contribution in [0, 0.1) is 17.3 Å². The van der Waals surface area contributed by atoms with Crippen LogP contribution in [-0.4, -0.2) is 23.4 Å². The van der Waals surface area contributed by atoms with E-state index in [-0.39, 0.29) is 6.10 Å². The minimum atomic E-state index is 0.0347. The van der Waals surface area contributed by atoms with Gasteiger partial charge in [0.1, 0.15) is 0 Å². The fourth-order valence-electron chi connectivity index (χ4n) is 3.98. The van der Waals surface area contributed by atoms with E-state index in [1.807, 2.05) is 0 Å². The molecule has 0 aromatic heterocycles. The molecule has 6 unspecified atom stereocenters. The van der Waals surface area contributed by atoms with Crippen LogP contribution < -0.4 is 0 Å². The number of rotatable bonds is 0. The molecule has 3 aliphatic carbocycles. The largest absolute Gasteiger partial charge is 0.393 e. The monoisotopic (exact) mass is 166 g/mol. The predicted octanol–water partition coefficient (Wildman–Crippen LogP) is 0.935. The average Bonchev–Trinajstić information content (AvgIpc) is 2.88. The second kappa shape index (κ2) is 1.60. The number of epoxide rings is 1. The van der Waals surface area contributed by atoms with E-state index in [0.29, 0.717) is 23.5 Å². The van der Waals surface area contributed by atoms with Crippen molar-refractivity contribution in [1.82, 2.24) is 0 Å². The molecule has 3 saturated carbocycles. The van der Waals surface area contributed by atoms with E-state index < -0.39 is 0 Å². The lowest BCUT2D eigenvalue weighted by molar-refractivity contribution is 0.148. The SMILES string of the molecule is OC1CC2CC3OC3CC23CC13. The second-order valence-electron chi connectivity index (χ2n) is 5.20. The highest BCUT2D eigenvalue weighted by atomic mass is 16.6. The summed E-state index contributed by atoms with van der Waals surface area (Å²) in [4.78, 5) is 0. The normalized spacial score (nSPS) is 71.2. The Hall–Kier alpha value is -0.0800. The van der Waals surface area contributed by atoms with Crippen molar-refractivity contribution < 1.29 is 9.84 Å². The second-order valence-corrected chi connectivity index (χ2v) is 5.20. The summed E-state index contributed by atoms with van der Waals surface area (Å²) in [6.07, 6.45) is 6.10. The first-order valence-corrected chi connectivity index (χ1v) is 5.13. The molecular formula is C10H14O2. The molecule has 0 aromatic carbocycles. The van der Waals surface area contributed by atoms with Crippen LogP contribution in [0.5, 0.6) is 0 Å². The van der Waals surface area contributed by atoms with Crippen LogP contribution in [0.2, 0.25) is 0 Å². The van der Waals surface area contributed by atoms with Gasteiger partial charge in [0.05, 0.1) is 18.3 Å². The molecule has 12 heavy (non-hydrogen) atoms. The van der Waals surface area contributed by atoms with Crippen molar-refractivity contribution >= 4 is 0 Å². The van der Waals surface area contributed by atoms with Gasteiger partial charge in [-0.15, -0.1) is 0 Å². The van der Waals surface area contributed by atoms with Crippen LogP contribution in [0.4, 0.5) is 0 Å². The molecule has 2 heteroatoms. The minimum absolute atomic E-state index is 0.0347. The Labute approximate surface area is 71.9 Å². The third-order valence-corrected chi connectivity index (χ3v) is 4.77. The summed E-state index contributed by atoms with van der Waals surface area (Å²) in [6, 6.07) is 0. The summed E-state index contributed by atoms with van der Waals surface area (Å²) in [6.45, 7) is 0. The molecule has 1 heterocycles. The molecule has 4 aliphatic rings. The van der Waals surface area contributed by atoms with Gasteiger partial charge in [-0.2, -0.15) is 0 Å². The molecule has 2 nitrogen and oxygen atoms in total. The lowest BCUT2D eigenvalue weighted by Crippen LogP contribution is -2.23. The van der Waals surface area contributed by atoms with E-state index >= 15 is 0 Å². The molecule has 1 aliphatic heterocycles. The van der Waals surface area contributed by atoms with Crippen LogP contribution in [0.15, 0.2) is 0 Å². The summed E-state index contributed by atoms with van der Waals surface area (Å²) < 4.78 is 5.56. The minimum Gasteiger partial charge on any atom is -0.393 e. The maximum Gasteiger partial charge on any atom is 0.0847 e. The van der Waals surface area contributed by atoms with Gasteiger partial charge in [0.15, 0.2) is 0 Å². The average molecular weight is 166 g/mol. The Morgan fingerprint density at radius 3 is 2.92 bits per heavy atom. The van der Waals surface area contributed by atoms with Crippen LogP contribution in [0.1, 0.15) is 25.7 Å². The first-order valence-electron chi connectivity index (χ1n) is 5.13. The summed E-state index contributed by atoms with van der Waals surface area (Å²) >= 11 is 0. The molecule has 1 spiro atoms. The number of fused-ring (bicyclic) bond motifs is 1. The van der Waals surface area contributed by atoms with Gasteiger partial charge in [-0.1, -0.05) is 0 Å². The van der Waals surface area contributed by atoms with Crippen molar-refractivity contribution in [2.24, 2.45) is 17.3 Å². The molecule has 1 saturated heterocycles.